The first-order chi connectivity index (χ1) is 5.83. The van der Waals surface area contributed by atoms with Gasteiger partial charge in [0.1, 0.15) is 5.82 Å². The van der Waals surface area contributed by atoms with E-state index in [1.165, 1.54) is 5.56 Å². The molecule has 1 heterocycles. The summed E-state index contributed by atoms with van der Waals surface area (Å²) >= 11 is 0. The van der Waals surface area contributed by atoms with Crippen LogP contribution in [0.2, 0.25) is 0 Å². The molecule has 3 nitrogen and oxygen atoms in total. The molecule has 3 N–H and O–H groups in total. The first-order valence-corrected chi connectivity index (χ1v) is 4.14. The fourth-order valence-electron chi connectivity index (χ4n) is 1.02. The highest BCUT2D eigenvalue weighted by molar-refractivity contribution is 5.29. The maximum atomic E-state index is 8.55. The molecular formula is C9H14N2O. The fourth-order valence-corrected chi connectivity index (χ4v) is 1.02. The summed E-state index contributed by atoms with van der Waals surface area (Å²) in [6, 6.07) is 3.77. The second-order valence-electron chi connectivity index (χ2n) is 2.77. The zero-order valence-corrected chi connectivity index (χ0v) is 7.03. The molecule has 1 aromatic rings. The van der Waals surface area contributed by atoms with E-state index in [2.05, 4.69) is 4.98 Å². The highest BCUT2D eigenvalue weighted by Crippen LogP contribution is 2.05. The second-order valence-corrected chi connectivity index (χ2v) is 2.77. The second kappa shape index (κ2) is 4.72. The number of nitrogens with zero attached hydrogens (tertiary/aromatic N) is 1. The van der Waals surface area contributed by atoms with E-state index < -0.39 is 0 Å². The quantitative estimate of drug-likeness (QED) is 0.655. The van der Waals surface area contributed by atoms with Gasteiger partial charge in [-0.1, -0.05) is 6.07 Å². The van der Waals surface area contributed by atoms with Crippen LogP contribution in [-0.4, -0.2) is 16.7 Å². The third kappa shape index (κ3) is 2.88. The number of aryl methyl sites for hydroxylation is 1. The average Bonchev–Trinajstić information content (AvgIpc) is 2.09. The van der Waals surface area contributed by atoms with Crippen molar-refractivity contribution in [3.63, 3.8) is 0 Å². The lowest BCUT2D eigenvalue weighted by Crippen LogP contribution is -1.92. The maximum Gasteiger partial charge on any atom is 0.123 e. The van der Waals surface area contributed by atoms with E-state index in [-0.39, 0.29) is 6.61 Å². The molecule has 66 valence electrons. The Balaban J connectivity index is 2.37. The van der Waals surface area contributed by atoms with Gasteiger partial charge in [0.25, 0.3) is 0 Å². The molecule has 0 aliphatic carbocycles. The summed E-state index contributed by atoms with van der Waals surface area (Å²) in [5.74, 6) is 0.556. The molecule has 1 aromatic heterocycles. The van der Waals surface area contributed by atoms with Crippen LogP contribution in [0.25, 0.3) is 0 Å². The smallest absolute Gasteiger partial charge is 0.123 e. The summed E-state index contributed by atoms with van der Waals surface area (Å²) in [7, 11) is 0. The summed E-state index contributed by atoms with van der Waals surface area (Å²) in [5, 5.41) is 8.55. The van der Waals surface area contributed by atoms with Gasteiger partial charge in [-0.25, -0.2) is 4.98 Å². The van der Waals surface area contributed by atoms with Crippen LogP contribution in [0.3, 0.4) is 0 Å². The number of hydrogen-bond acceptors (Lipinski definition) is 3. The molecule has 0 spiro atoms. The van der Waals surface area contributed by atoms with Crippen molar-refractivity contribution >= 4 is 5.82 Å². The highest BCUT2D eigenvalue weighted by atomic mass is 16.2. The van der Waals surface area contributed by atoms with Crippen LogP contribution < -0.4 is 5.73 Å². The Morgan fingerprint density at radius 1 is 1.33 bits per heavy atom. The van der Waals surface area contributed by atoms with Gasteiger partial charge < -0.3 is 10.8 Å². The zero-order chi connectivity index (χ0) is 8.81. The first kappa shape index (κ1) is 9.00. The number of anilines is 1. The number of unbranched alkanes of at least 4 members (excludes halogenated alkanes) is 1. The molecule has 0 saturated carbocycles. The van der Waals surface area contributed by atoms with E-state index in [1.807, 2.05) is 6.07 Å². The third-order valence-corrected chi connectivity index (χ3v) is 1.72. The SMILES string of the molecule is Nc1ccc(CCCCO)cn1. The molecule has 0 radical (unpaired) electrons. The lowest BCUT2D eigenvalue weighted by atomic mass is 10.1. The maximum absolute atomic E-state index is 8.55. The Labute approximate surface area is 72.2 Å². The van der Waals surface area contributed by atoms with Crippen LogP contribution in [0.1, 0.15) is 18.4 Å². The summed E-state index contributed by atoms with van der Waals surface area (Å²) in [5.41, 5.74) is 6.61. The molecule has 1 rings (SSSR count). The number of nitrogens with two attached hydrogens (primary N) is 1. The van der Waals surface area contributed by atoms with Gasteiger partial charge in [-0.3, -0.25) is 0 Å². The van der Waals surface area contributed by atoms with Gasteiger partial charge in [0.05, 0.1) is 0 Å². The molecule has 0 saturated heterocycles. The molecular weight excluding hydrogens is 152 g/mol. The molecule has 0 amide bonds. The number of aromatic nitrogens is 1. The Kier molecular flexibility index (Phi) is 3.54. The normalized spacial score (nSPS) is 10.1. The predicted molar refractivity (Wildman–Crippen MR) is 48.7 cm³/mol. The van der Waals surface area contributed by atoms with E-state index in [0.717, 1.165) is 19.3 Å². The van der Waals surface area contributed by atoms with Crippen LogP contribution in [0, 0.1) is 0 Å². The minimum absolute atomic E-state index is 0.266. The topological polar surface area (TPSA) is 59.1 Å². The molecule has 0 aromatic carbocycles. The third-order valence-electron chi connectivity index (χ3n) is 1.72. The van der Waals surface area contributed by atoms with Crippen molar-refractivity contribution in [1.29, 1.82) is 0 Å². The number of nitrogen functional groups attached to an aromatic ring is 1. The number of hydrogen-bond donors (Lipinski definition) is 2. The largest absolute Gasteiger partial charge is 0.396 e. The molecule has 0 bridgehead atoms. The van der Waals surface area contributed by atoms with Crippen molar-refractivity contribution in [2.75, 3.05) is 12.3 Å². The van der Waals surface area contributed by atoms with E-state index >= 15 is 0 Å². The van der Waals surface area contributed by atoms with E-state index in [0.29, 0.717) is 5.82 Å². The van der Waals surface area contributed by atoms with Crippen molar-refractivity contribution < 1.29 is 5.11 Å². The fraction of sp³-hybridized carbons (Fsp3) is 0.444. The lowest BCUT2D eigenvalue weighted by molar-refractivity contribution is 0.284. The summed E-state index contributed by atoms with van der Waals surface area (Å²) in [6.07, 6.45) is 4.60. The van der Waals surface area contributed by atoms with Crippen molar-refractivity contribution in [1.82, 2.24) is 4.98 Å². The van der Waals surface area contributed by atoms with Crippen LogP contribution in [0.4, 0.5) is 5.82 Å². The van der Waals surface area contributed by atoms with Crippen molar-refractivity contribution in [2.45, 2.75) is 19.3 Å². The number of aliphatic hydroxyl groups excluding tert-OH is 1. The molecule has 0 atom stereocenters. The lowest BCUT2D eigenvalue weighted by Gasteiger charge is -1.99. The van der Waals surface area contributed by atoms with Crippen molar-refractivity contribution in [3.8, 4) is 0 Å². The van der Waals surface area contributed by atoms with E-state index in [9.17, 15) is 0 Å². The van der Waals surface area contributed by atoms with Crippen molar-refractivity contribution in [3.05, 3.63) is 23.9 Å². The number of rotatable bonds is 4. The summed E-state index contributed by atoms with van der Waals surface area (Å²) in [4.78, 5) is 3.97. The van der Waals surface area contributed by atoms with Gasteiger partial charge in [0.2, 0.25) is 0 Å². The van der Waals surface area contributed by atoms with Gasteiger partial charge in [0.15, 0.2) is 0 Å². The van der Waals surface area contributed by atoms with Gasteiger partial charge in [0, 0.05) is 12.8 Å². The molecule has 0 fully saturated rings. The van der Waals surface area contributed by atoms with Gasteiger partial charge in [-0.05, 0) is 30.9 Å². The average molecular weight is 166 g/mol. The monoisotopic (exact) mass is 166 g/mol. The molecule has 0 unspecified atom stereocenters. The molecule has 3 heteroatoms. The minimum atomic E-state index is 0.266. The Hall–Kier alpha value is -1.09. The number of pyridine rings is 1. The highest BCUT2D eigenvalue weighted by Gasteiger charge is 1.92. The van der Waals surface area contributed by atoms with Crippen LogP contribution in [-0.2, 0) is 6.42 Å². The number of aliphatic hydroxyl groups is 1. The van der Waals surface area contributed by atoms with Crippen LogP contribution in [0.5, 0.6) is 0 Å². The van der Waals surface area contributed by atoms with Gasteiger partial charge in [-0.15, -0.1) is 0 Å². The summed E-state index contributed by atoms with van der Waals surface area (Å²) < 4.78 is 0. The minimum Gasteiger partial charge on any atom is -0.396 e. The van der Waals surface area contributed by atoms with E-state index in [1.54, 1.807) is 12.3 Å². The Morgan fingerprint density at radius 3 is 2.75 bits per heavy atom. The Bertz CT molecular complexity index is 220. The summed E-state index contributed by atoms with van der Waals surface area (Å²) in [6.45, 7) is 0.266. The predicted octanol–water partition coefficient (Wildman–Crippen LogP) is 0.979. The Morgan fingerprint density at radius 2 is 2.17 bits per heavy atom. The zero-order valence-electron chi connectivity index (χ0n) is 7.03. The van der Waals surface area contributed by atoms with Crippen LogP contribution in [0.15, 0.2) is 18.3 Å². The molecule has 0 aliphatic rings. The van der Waals surface area contributed by atoms with Gasteiger partial charge >= 0.3 is 0 Å². The standard InChI is InChI=1S/C9H14N2O/c10-9-5-4-8(7-11-9)3-1-2-6-12/h4-5,7,12H,1-3,6H2,(H2,10,11). The first-order valence-electron chi connectivity index (χ1n) is 4.14. The molecule has 12 heavy (non-hydrogen) atoms. The van der Waals surface area contributed by atoms with Crippen LogP contribution >= 0.6 is 0 Å². The van der Waals surface area contributed by atoms with E-state index in [4.69, 9.17) is 10.8 Å². The molecule has 0 aliphatic heterocycles. The van der Waals surface area contributed by atoms with Crippen molar-refractivity contribution in [2.24, 2.45) is 0 Å². The van der Waals surface area contributed by atoms with Gasteiger partial charge in [-0.2, -0.15) is 0 Å².